The molecule has 21 heavy (non-hydrogen) atoms. The van der Waals surface area contributed by atoms with E-state index in [0.717, 1.165) is 0 Å². The molecule has 1 rings (SSSR count). The number of rotatable bonds is 4. The van der Waals surface area contributed by atoms with Crippen LogP contribution in [0.5, 0.6) is 0 Å². The molecule has 0 aliphatic rings. The van der Waals surface area contributed by atoms with E-state index in [1.807, 2.05) is 0 Å². The summed E-state index contributed by atoms with van der Waals surface area (Å²) in [6.07, 6.45) is -5.13. The van der Waals surface area contributed by atoms with Crippen LogP contribution in [0.2, 0.25) is 5.02 Å². The molecule has 0 bridgehead atoms. The number of hydrogen-bond acceptors (Lipinski definition) is 3. The maximum atomic E-state index is 13.7. The van der Waals surface area contributed by atoms with E-state index < -0.39 is 46.6 Å². The lowest BCUT2D eigenvalue weighted by Gasteiger charge is -2.16. The van der Waals surface area contributed by atoms with Crippen LogP contribution in [0.15, 0.2) is 12.1 Å². The Balaban J connectivity index is 0.00000400. The van der Waals surface area contributed by atoms with Gasteiger partial charge in [-0.15, -0.1) is 12.4 Å². The van der Waals surface area contributed by atoms with Gasteiger partial charge in [0.2, 0.25) is 0 Å². The first kappa shape index (κ1) is 19.9. The summed E-state index contributed by atoms with van der Waals surface area (Å²) in [5, 5.41) is -0.700. The quantitative estimate of drug-likeness (QED) is 0.663. The van der Waals surface area contributed by atoms with E-state index in [2.05, 4.69) is 4.74 Å². The van der Waals surface area contributed by atoms with Gasteiger partial charge >= 0.3 is 12.1 Å². The van der Waals surface area contributed by atoms with E-state index in [-0.39, 0.29) is 19.0 Å². The average molecular weight is 350 g/mol. The summed E-state index contributed by atoms with van der Waals surface area (Å²) in [4.78, 5) is 11.2. The summed E-state index contributed by atoms with van der Waals surface area (Å²) >= 11 is 5.42. The lowest BCUT2D eigenvalue weighted by Crippen LogP contribution is -2.19. The van der Waals surface area contributed by atoms with Gasteiger partial charge in [0.15, 0.2) is 0 Å². The third-order valence-corrected chi connectivity index (χ3v) is 2.75. The molecular formula is C12H13Cl2F4NO2. The van der Waals surface area contributed by atoms with Gasteiger partial charge in [0, 0.05) is 11.6 Å². The molecular weight excluding hydrogens is 337 g/mol. The molecule has 2 N–H and O–H groups in total. The number of alkyl halides is 3. The number of hydrogen-bond donors (Lipinski definition) is 1. The third kappa shape index (κ3) is 5.33. The van der Waals surface area contributed by atoms with Crippen LogP contribution in [0.25, 0.3) is 0 Å². The van der Waals surface area contributed by atoms with E-state index >= 15 is 0 Å². The van der Waals surface area contributed by atoms with Crippen LogP contribution in [0.1, 0.15) is 30.5 Å². The summed E-state index contributed by atoms with van der Waals surface area (Å²) in [6.45, 7) is 1.66. The van der Waals surface area contributed by atoms with Gasteiger partial charge in [-0.1, -0.05) is 11.6 Å². The lowest BCUT2D eigenvalue weighted by atomic mass is 10.0. The molecule has 0 aromatic heterocycles. The zero-order valence-electron chi connectivity index (χ0n) is 10.8. The first-order valence-electron chi connectivity index (χ1n) is 5.64. The van der Waals surface area contributed by atoms with Gasteiger partial charge in [-0.2, -0.15) is 13.2 Å². The highest BCUT2D eigenvalue weighted by Gasteiger charge is 2.33. The zero-order chi connectivity index (χ0) is 15.5. The number of carbonyl (C=O) groups is 1. The summed E-state index contributed by atoms with van der Waals surface area (Å²) in [7, 11) is 0. The molecule has 0 heterocycles. The third-order valence-electron chi connectivity index (χ3n) is 2.48. The Morgan fingerprint density at radius 2 is 2.00 bits per heavy atom. The smallest absolute Gasteiger partial charge is 0.416 e. The standard InChI is InChI=1S/C12H12ClF4NO2.ClH/c1-2-20-10(19)5-9(18)7-3-6(12(15,16)17)4-8(13)11(7)14;/h3-4,9H,2,5,18H2,1H3;1H/t9-;/m0./s1. The first-order chi connectivity index (χ1) is 9.16. The SMILES string of the molecule is CCOC(=O)C[C@H](N)c1cc(C(F)(F)F)cc(Cl)c1F.Cl. The number of carbonyl (C=O) groups excluding carboxylic acids is 1. The Morgan fingerprint density at radius 3 is 2.48 bits per heavy atom. The monoisotopic (exact) mass is 349 g/mol. The van der Waals surface area contributed by atoms with Crippen molar-refractivity contribution in [2.75, 3.05) is 6.61 Å². The maximum absolute atomic E-state index is 13.7. The molecule has 0 unspecified atom stereocenters. The highest BCUT2D eigenvalue weighted by molar-refractivity contribution is 6.30. The molecule has 1 atom stereocenters. The van der Waals surface area contributed by atoms with Crippen molar-refractivity contribution in [3.63, 3.8) is 0 Å². The second-order valence-electron chi connectivity index (χ2n) is 3.97. The minimum Gasteiger partial charge on any atom is -0.466 e. The van der Waals surface area contributed by atoms with Gasteiger partial charge < -0.3 is 10.5 Å². The normalized spacial score (nSPS) is 12.5. The molecule has 0 saturated heterocycles. The molecule has 0 amide bonds. The minimum atomic E-state index is -4.68. The molecule has 1 aromatic carbocycles. The van der Waals surface area contributed by atoms with Crippen LogP contribution in [0.4, 0.5) is 17.6 Å². The number of ether oxygens (including phenoxy) is 1. The maximum Gasteiger partial charge on any atom is 0.416 e. The second-order valence-corrected chi connectivity index (χ2v) is 4.38. The molecule has 3 nitrogen and oxygen atoms in total. The molecule has 0 fully saturated rings. The molecule has 0 aliphatic carbocycles. The van der Waals surface area contributed by atoms with Crippen molar-refractivity contribution in [2.45, 2.75) is 25.6 Å². The molecule has 9 heteroatoms. The van der Waals surface area contributed by atoms with Crippen LogP contribution in [-0.2, 0) is 15.7 Å². The van der Waals surface area contributed by atoms with Crippen molar-refractivity contribution in [3.05, 3.63) is 34.1 Å². The fraction of sp³-hybridized carbons (Fsp3) is 0.417. The number of benzene rings is 1. The van der Waals surface area contributed by atoms with Crippen molar-refractivity contribution >= 4 is 30.0 Å². The van der Waals surface area contributed by atoms with Gasteiger partial charge in [0.1, 0.15) is 5.82 Å². The summed E-state index contributed by atoms with van der Waals surface area (Å²) < 4.78 is 56.2. The number of esters is 1. The Bertz CT molecular complexity index is 509. The zero-order valence-corrected chi connectivity index (χ0v) is 12.4. The lowest BCUT2D eigenvalue weighted by molar-refractivity contribution is -0.143. The number of halogens is 6. The van der Waals surface area contributed by atoms with Gasteiger partial charge in [-0.3, -0.25) is 4.79 Å². The molecule has 0 aliphatic heterocycles. The topological polar surface area (TPSA) is 52.3 Å². The van der Waals surface area contributed by atoms with E-state index in [1.54, 1.807) is 6.92 Å². The van der Waals surface area contributed by atoms with Gasteiger partial charge in [-0.05, 0) is 19.1 Å². The van der Waals surface area contributed by atoms with Crippen LogP contribution in [-0.4, -0.2) is 12.6 Å². The summed E-state index contributed by atoms with van der Waals surface area (Å²) in [6, 6.07) is -0.253. The molecule has 0 radical (unpaired) electrons. The van der Waals surface area contributed by atoms with Crippen LogP contribution in [0.3, 0.4) is 0 Å². The molecule has 1 aromatic rings. The van der Waals surface area contributed by atoms with Crippen LogP contribution in [0, 0.1) is 5.82 Å². The van der Waals surface area contributed by atoms with Crippen molar-refractivity contribution in [1.29, 1.82) is 0 Å². The predicted molar refractivity (Wildman–Crippen MR) is 71.8 cm³/mol. The Labute approximate surface area is 129 Å². The largest absolute Gasteiger partial charge is 0.466 e. The van der Waals surface area contributed by atoms with E-state index in [4.69, 9.17) is 17.3 Å². The van der Waals surface area contributed by atoms with Crippen LogP contribution >= 0.6 is 24.0 Å². The highest BCUT2D eigenvalue weighted by Crippen LogP contribution is 2.35. The Morgan fingerprint density at radius 1 is 1.43 bits per heavy atom. The Hall–Kier alpha value is -1.05. The highest BCUT2D eigenvalue weighted by atomic mass is 35.5. The number of nitrogens with two attached hydrogens (primary N) is 1. The fourth-order valence-electron chi connectivity index (χ4n) is 1.55. The molecule has 0 spiro atoms. The van der Waals surface area contributed by atoms with E-state index in [1.165, 1.54) is 0 Å². The van der Waals surface area contributed by atoms with Crippen molar-refractivity contribution in [2.24, 2.45) is 5.73 Å². The summed E-state index contributed by atoms with van der Waals surface area (Å²) in [5.74, 6) is -1.80. The van der Waals surface area contributed by atoms with Gasteiger partial charge in [-0.25, -0.2) is 4.39 Å². The van der Waals surface area contributed by atoms with E-state index in [0.29, 0.717) is 12.1 Å². The predicted octanol–water partition coefficient (Wildman–Crippen LogP) is 3.87. The van der Waals surface area contributed by atoms with E-state index in [9.17, 15) is 22.4 Å². The average Bonchev–Trinajstić information content (AvgIpc) is 2.31. The first-order valence-corrected chi connectivity index (χ1v) is 6.02. The van der Waals surface area contributed by atoms with Crippen molar-refractivity contribution in [3.8, 4) is 0 Å². The summed E-state index contributed by atoms with van der Waals surface area (Å²) in [5.41, 5.74) is 3.94. The van der Waals surface area contributed by atoms with Crippen LogP contribution < -0.4 is 5.73 Å². The minimum absolute atomic E-state index is 0. The second kappa shape index (κ2) is 7.82. The van der Waals surface area contributed by atoms with Crippen molar-refractivity contribution < 1.29 is 27.1 Å². The molecule has 120 valence electrons. The molecule has 0 saturated carbocycles. The van der Waals surface area contributed by atoms with Crippen molar-refractivity contribution in [1.82, 2.24) is 0 Å². The fourth-order valence-corrected chi connectivity index (χ4v) is 1.78. The van der Waals surface area contributed by atoms with Gasteiger partial charge in [0.05, 0.1) is 23.6 Å². The Kier molecular flexibility index (Phi) is 7.43. The van der Waals surface area contributed by atoms with Gasteiger partial charge in [0.25, 0.3) is 0 Å².